The Morgan fingerprint density at radius 1 is 1.50 bits per heavy atom. The second-order valence-corrected chi connectivity index (χ2v) is 3.65. The summed E-state index contributed by atoms with van der Waals surface area (Å²) in [5, 5.41) is 0. The summed E-state index contributed by atoms with van der Waals surface area (Å²) in [6.07, 6.45) is 4.17. The van der Waals surface area contributed by atoms with Gasteiger partial charge in [-0.1, -0.05) is 0 Å². The Kier molecular flexibility index (Phi) is 3.80. The molecule has 1 aromatic rings. The quantitative estimate of drug-likeness (QED) is 0.667. The van der Waals surface area contributed by atoms with E-state index < -0.39 is 0 Å². The maximum Gasteiger partial charge on any atom is 0.130 e. The number of hydrogen-bond donors (Lipinski definition) is 0. The maximum absolute atomic E-state index is 10.6. The Morgan fingerprint density at radius 2 is 2.17 bits per heavy atom. The molecule has 0 amide bonds. The lowest BCUT2D eigenvalue weighted by molar-refractivity contribution is -0.116. The van der Waals surface area contributed by atoms with Crippen LogP contribution in [0.2, 0.25) is 0 Å². The van der Waals surface area contributed by atoms with E-state index in [1.807, 2.05) is 12.1 Å². The Hall–Kier alpha value is -0.830. The van der Waals surface area contributed by atoms with Gasteiger partial charge in [-0.3, -0.25) is 9.78 Å². The van der Waals surface area contributed by atoms with Gasteiger partial charge in [-0.05, 0) is 19.1 Å². The molecule has 0 saturated carbocycles. The topological polar surface area (TPSA) is 30.0 Å². The number of hydrogen-bond acceptors (Lipinski definition) is 3. The predicted octanol–water partition coefficient (Wildman–Crippen LogP) is 2.15. The van der Waals surface area contributed by atoms with Crippen molar-refractivity contribution >= 4 is 17.5 Å². The molecule has 3 heteroatoms. The summed E-state index contributed by atoms with van der Waals surface area (Å²) >= 11 is 1.69. The number of carbonyl (C=O) groups is 1. The molecule has 0 N–H and O–H groups in total. The maximum atomic E-state index is 10.6. The number of thioether (sulfide) groups is 1. The number of carbonyl (C=O) groups excluding carboxylic acids is 1. The highest BCUT2D eigenvalue weighted by molar-refractivity contribution is 7.99. The van der Waals surface area contributed by atoms with E-state index in [0.717, 1.165) is 5.75 Å². The fourth-order valence-electron chi connectivity index (χ4n) is 0.747. The third-order valence-corrected chi connectivity index (χ3v) is 2.39. The first kappa shape index (κ1) is 9.26. The lowest BCUT2D eigenvalue weighted by Gasteiger charge is -1.97. The molecular weight excluding hydrogens is 170 g/mol. The summed E-state index contributed by atoms with van der Waals surface area (Å²) in [7, 11) is 0. The number of ketones is 1. The van der Waals surface area contributed by atoms with Crippen LogP contribution in [0.1, 0.15) is 13.3 Å². The van der Waals surface area contributed by atoms with Crippen molar-refractivity contribution in [3.8, 4) is 0 Å². The highest BCUT2D eigenvalue weighted by Gasteiger charge is 1.95. The van der Waals surface area contributed by atoms with Gasteiger partial charge in [0.2, 0.25) is 0 Å². The second kappa shape index (κ2) is 4.93. The van der Waals surface area contributed by atoms with E-state index in [0.29, 0.717) is 6.42 Å². The third-order valence-electron chi connectivity index (χ3n) is 1.37. The van der Waals surface area contributed by atoms with Gasteiger partial charge >= 0.3 is 0 Å². The molecule has 0 unspecified atom stereocenters. The van der Waals surface area contributed by atoms with Crippen molar-refractivity contribution in [1.29, 1.82) is 0 Å². The molecule has 1 aromatic heterocycles. The van der Waals surface area contributed by atoms with Gasteiger partial charge in [0.25, 0.3) is 0 Å². The number of nitrogens with zero attached hydrogens (tertiary/aromatic N) is 1. The zero-order valence-electron chi connectivity index (χ0n) is 6.99. The summed E-state index contributed by atoms with van der Waals surface area (Å²) in [5.74, 6) is 1.11. The normalized spacial score (nSPS) is 9.75. The van der Waals surface area contributed by atoms with Crippen molar-refractivity contribution in [2.75, 3.05) is 5.75 Å². The van der Waals surface area contributed by atoms with Gasteiger partial charge in [-0.25, -0.2) is 0 Å². The van der Waals surface area contributed by atoms with Crippen LogP contribution in [0.3, 0.4) is 0 Å². The van der Waals surface area contributed by atoms with Gasteiger partial charge < -0.3 is 0 Å². The Balaban J connectivity index is 2.29. The van der Waals surface area contributed by atoms with Crippen molar-refractivity contribution in [2.24, 2.45) is 0 Å². The van der Waals surface area contributed by atoms with Crippen molar-refractivity contribution in [3.63, 3.8) is 0 Å². The summed E-state index contributed by atoms with van der Waals surface area (Å²) in [4.78, 5) is 15.7. The monoisotopic (exact) mass is 181 g/mol. The van der Waals surface area contributed by atoms with Gasteiger partial charge in [0.1, 0.15) is 5.78 Å². The van der Waals surface area contributed by atoms with Crippen LogP contribution in [0.15, 0.2) is 29.4 Å². The minimum absolute atomic E-state index is 0.247. The Bertz CT molecular complexity index is 248. The minimum Gasteiger partial charge on any atom is -0.300 e. The Morgan fingerprint density at radius 3 is 2.75 bits per heavy atom. The van der Waals surface area contributed by atoms with Gasteiger partial charge in [0.05, 0.1) is 0 Å². The summed E-state index contributed by atoms with van der Waals surface area (Å²) < 4.78 is 0. The van der Waals surface area contributed by atoms with Crippen molar-refractivity contribution in [2.45, 2.75) is 18.2 Å². The zero-order valence-corrected chi connectivity index (χ0v) is 7.80. The molecule has 1 heterocycles. The van der Waals surface area contributed by atoms with E-state index in [1.54, 1.807) is 31.1 Å². The van der Waals surface area contributed by atoms with E-state index in [1.165, 1.54) is 4.90 Å². The van der Waals surface area contributed by atoms with Crippen LogP contribution >= 0.6 is 11.8 Å². The molecule has 0 bridgehead atoms. The zero-order chi connectivity index (χ0) is 8.81. The van der Waals surface area contributed by atoms with Crippen LogP contribution < -0.4 is 0 Å². The lowest BCUT2D eigenvalue weighted by atomic mass is 10.4. The van der Waals surface area contributed by atoms with E-state index in [-0.39, 0.29) is 5.78 Å². The first-order valence-electron chi connectivity index (χ1n) is 3.81. The molecule has 0 radical (unpaired) electrons. The molecule has 0 spiro atoms. The number of pyridine rings is 1. The fourth-order valence-corrected chi connectivity index (χ4v) is 1.69. The SMILES string of the molecule is CC(=O)CCSc1ccncc1. The van der Waals surface area contributed by atoms with Crippen molar-refractivity contribution < 1.29 is 4.79 Å². The second-order valence-electron chi connectivity index (χ2n) is 2.48. The molecule has 0 saturated heterocycles. The van der Waals surface area contributed by atoms with Gasteiger partial charge in [-0.2, -0.15) is 0 Å². The summed E-state index contributed by atoms with van der Waals surface area (Å²) in [6, 6.07) is 3.90. The van der Waals surface area contributed by atoms with Crippen LogP contribution in [0, 0.1) is 0 Å². The van der Waals surface area contributed by atoms with Crippen molar-refractivity contribution in [1.82, 2.24) is 4.98 Å². The summed E-state index contributed by atoms with van der Waals surface area (Å²) in [6.45, 7) is 1.62. The molecule has 0 aliphatic rings. The first-order chi connectivity index (χ1) is 5.79. The number of rotatable bonds is 4. The molecule has 0 aliphatic heterocycles. The van der Waals surface area contributed by atoms with Crippen LogP contribution in [0.25, 0.3) is 0 Å². The summed E-state index contributed by atoms with van der Waals surface area (Å²) in [5.41, 5.74) is 0. The molecule has 64 valence electrons. The largest absolute Gasteiger partial charge is 0.300 e. The molecule has 0 fully saturated rings. The minimum atomic E-state index is 0.247. The van der Waals surface area contributed by atoms with Crippen molar-refractivity contribution in [3.05, 3.63) is 24.5 Å². The Labute approximate surface area is 76.4 Å². The molecule has 0 aromatic carbocycles. The van der Waals surface area contributed by atoms with Crippen LogP contribution in [0.4, 0.5) is 0 Å². The fraction of sp³-hybridized carbons (Fsp3) is 0.333. The molecule has 0 aliphatic carbocycles. The molecule has 0 atom stereocenters. The van der Waals surface area contributed by atoms with E-state index >= 15 is 0 Å². The van der Waals surface area contributed by atoms with Gasteiger partial charge in [0.15, 0.2) is 0 Å². The predicted molar refractivity (Wildman–Crippen MR) is 50.3 cm³/mol. The smallest absolute Gasteiger partial charge is 0.130 e. The molecule has 2 nitrogen and oxygen atoms in total. The van der Waals surface area contributed by atoms with E-state index in [4.69, 9.17) is 0 Å². The highest BCUT2D eigenvalue weighted by atomic mass is 32.2. The van der Waals surface area contributed by atoms with E-state index in [2.05, 4.69) is 4.98 Å². The third kappa shape index (κ3) is 3.53. The first-order valence-corrected chi connectivity index (χ1v) is 4.80. The highest BCUT2D eigenvalue weighted by Crippen LogP contribution is 2.16. The standard InChI is InChI=1S/C9H11NOS/c1-8(11)4-7-12-9-2-5-10-6-3-9/h2-3,5-6H,4,7H2,1H3. The average molecular weight is 181 g/mol. The number of Topliss-reactive ketones (excluding diaryl/α,β-unsaturated/α-hetero) is 1. The van der Waals surface area contributed by atoms with Crippen LogP contribution in [-0.2, 0) is 4.79 Å². The molecule has 12 heavy (non-hydrogen) atoms. The van der Waals surface area contributed by atoms with E-state index in [9.17, 15) is 4.79 Å². The number of aromatic nitrogens is 1. The molecule has 1 rings (SSSR count). The van der Waals surface area contributed by atoms with Gasteiger partial charge in [0, 0.05) is 29.5 Å². The van der Waals surface area contributed by atoms with Gasteiger partial charge in [-0.15, -0.1) is 11.8 Å². The molecular formula is C9H11NOS. The van der Waals surface area contributed by atoms with Crippen LogP contribution in [-0.4, -0.2) is 16.5 Å². The van der Waals surface area contributed by atoms with Crippen LogP contribution in [0.5, 0.6) is 0 Å². The average Bonchev–Trinajstić information content (AvgIpc) is 2.05. The lowest BCUT2D eigenvalue weighted by Crippen LogP contribution is -1.91.